The summed E-state index contributed by atoms with van der Waals surface area (Å²) >= 11 is 1.67. The molecule has 0 spiro atoms. The molecule has 2 N–H and O–H groups in total. The lowest BCUT2D eigenvalue weighted by Gasteiger charge is -2.16. The topological polar surface area (TPSA) is 91.5 Å². The molecule has 2 amide bonds. The number of aromatic amines is 1. The van der Waals surface area contributed by atoms with Crippen molar-refractivity contribution in [2.75, 3.05) is 37.9 Å². The van der Waals surface area contributed by atoms with Gasteiger partial charge in [0.25, 0.3) is 5.91 Å². The predicted octanol–water partition coefficient (Wildman–Crippen LogP) is 2.20. The second-order valence-electron chi connectivity index (χ2n) is 6.15. The summed E-state index contributed by atoms with van der Waals surface area (Å²) in [6, 6.07) is 7.55. The van der Waals surface area contributed by atoms with E-state index in [2.05, 4.69) is 10.3 Å². The summed E-state index contributed by atoms with van der Waals surface area (Å²) < 4.78 is 5.60. The molecule has 2 heterocycles. The Morgan fingerprint density at radius 2 is 2.19 bits per heavy atom. The Hall–Kier alpha value is -2.58. The SMILES string of the molecule is CN(CCOCCSc1ccc2c(c1)CC(=O)N2)C(=O)c1cc[nH]c1C=O. The number of ether oxygens (including phenoxy) is 1. The minimum Gasteiger partial charge on any atom is -0.379 e. The number of aromatic nitrogens is 1. The van der Waals surface area contributed by atoms with Crippen LogP contribution in [0.1, 0.15) is 26.4 Å². The first-order valence-corrected chi connectivity index (χ1v) is 9.58. The number of anilines is 1. The molecule has 0 radical (unpaired) electrons. The third-order valence-electron chi connectivity index (χ3n) is 4.24. The number of fused-ring (bicyclic) bond motifs is 1. The maximum absolute atomic E-state index is 12.3. The number of carbonyl (C=O) groups excluding carboxylic acids is 3. The van der Waals surface area contributed by atoms with Crippen LogP contribution >= 0.6 is 11.8 Å². The van der Waals surface area contributed by atoms with Gasteiger partial charge in [-0.15, -0.1) is 11.8 Å². The Bertz CT molecular complexity index is 849. The van der Waals surface area contributed by atoms with Gasteiger partial charge < -0.3 is 19.9 Å². The number of rotatable bonds is 9. The van der Waals surface area contributed by atoms with E-state index in [1.165, 1.54) is 4.90 Å². The Balaban J connectivity index is 1.35. The van der Waals surface area contributed by atoms with Crippen molar-refractivity contribution in [2.24, 2.45) is 0 Å². The molecule has 0 saturated heterocycles. The molecule has 142 valence electrons. The average molecular weight is 387 g/mol. The molecule has 0 fully saturated rings. The maximum Gasteiger partial charge on any atom is 0.255 e. The van der Waals surface area contributed by atoms with Gasteiger partial charge in [-0.3, -0.25) is 14.4 Å². The fraction of sp³-hybridized carbons (Fsp3) is 0.316. The Morgan fingerprint density at radius 1 is 1.33 bits per heavy atom. The van der Waals surface area contributed by atoms with Gasteiger partial charge in [0.2, 0.25) is 5.91 Å². The molecule has 1 aliphatic rings. The first kappa shape index (κ1) is 19.2. The van der Waals surface area contributed by atoms with Crippen LogP contribution in [0.5, 0.6) is 0 Å². The molecule has 27 heavy (non-hydrogen) atoms. The monoisotopic (exact) mass is 387 g/mol. The molecule has 8 heteroatoms. The lowest BCUT2D eigenvalue weighted by molar-refractivity contribution is -0.115. The lowest BCUT2D eigenvalue weighted by atomic mass is 10.2. The highest BCUT2D eigenvalue weighted by atomic mass is 32.2. The van der Waals surface area contributed by atoms with Gasteiger partial charge in [0.05, 0.1) is 30.9 Å². The van der Waals surface area contributed by atoms with Crippen LogP contribution in [-0.2, 0) is 16.0 Å². The zero-order chi connectivity index (χ0) is 19.2. The minimum absolute atomic E-state index is 0.0362. The first-order valence-electron chi connectivity index (χ1n) is 8.60. The van der Waals surface area contributed by atoms with Gasteiger partial charge in [-0.2, -0.15) is 0 Å². The van der Waals surface area contributed by atoms with Gasteiger partial charge in [-0.1, -0.05) is 0 Å². The van der Waals surface area contributed by atoms with Crippen molar-refractivity contribution < 1.29 is 19.1 Å². The van der Waals surface area contributed by atoms with Crippen molar-refractivity contribution in [3.8, 4) is 0 Å². The van der Waals surface area contributed by atoms with E-state index in [1.54, 1.807) is 31.1 Å². The van der Waals surface area contributed by atoms with Crippen LogP contribution in [0, 0.1) is 0 Å². The highest BCUT2D eigenvalue weighted by molar-refractivity contribution is 7.99. The molecule has 0 aliphatic carbocycles. The molecular weight excluding hydrogens is 366 g/mol. The van der Waals surface area contributed by atoms with Crippen molar-refractivity contribution in [3.63, 3.8) is 0 Å². The number of aldehydes is 1. The van der Waals surface area contributed by atoms with Gasteiger partial charge in [0.15, 0.2) is 6.29 Å². The van der Waals surface area contributed by atoms with Crippen LogP contribution in [0.15, 0.2) is 35.4 Å². The minimum atomic E-state index is -0.211. The third-order valence-corrected chi connectivity index (χ3v) is 5.20. The summed E-state index contributed by atoms with van der Waals surface area (Å²) in [7, 11) is 1.68. The maximum atomic E-state index is 12.3. The van der Waals surface area contributed by atoms with E-state index in [4.69, 9.17) is 4.74 Å². The Morgan fingerprint density at radius 3 is 3.00 bits per heavy atom. The van der Waals surface area contributed by atoms with Crippen LogP contribution in [0.25, 0.3) is 0 Å². The van der Waals surface area contributed by atoms with Crippen LogP contribution in [0.4, 0.5) is 5.69 Å². The molecule has 1 aliphatic heterocycles. The van der Waals surface area contributed by atoms with Crippen LogP contribution in [0.3, 0.4) is 0 Å². The third kappa shape index (κ3) is 4.78. The van der Waals surface area contributed by atoms with E-state index in [1.807, 2.05) is 18.2 Å². The molecule has 1 aromatic carbocycles. The van der Waals surface area contributed by atoms with Gasteiger partial charge in [0.1, 0.15) is 0 Å². The fourth-order valence-electron chi connectivity index (χ4n) is 2.79. The molecular formula is C19H21N3O4S. The van der Waals surface area contributed by atoms with Crippen LogP contribution in [0.2, 0.25) is 0 Å². The van der Waals surface area contributed by atoms with E-state index >= 15 is 0 Å². The normalized spacial score (nSPS) is 12.6. The summed E-state index contributed by atoms with van der Waals surface area (Å²) in [5.74, 6) is 0.608. The molecule has 3 rings (SSSR count). The number of nitrogens with one attached hydrogen (secondary N) is 2. The van der Waals surface area contributed by atoms with Crippen LogP contribution < -0.4 is 5.32 Å². The van der Waals surface area contributed by atoms with Crippen molar-refractivity contribution in [3.05, 3.63) is 47.3 Å². The van der Waals surface area contributed by atoms with Crippen LogP contribution in [-0.4, -0.2) is 60.5 Å². The highest BCUT2D eigenvalue weighted by Gasteiger charge is 2.18. The van der Waals surface area contributed by atoms with E-state index in [0.29, 0.717) is 38.0 Å². The quantitative estimate of drug-likeness (QED) is 0.391. The van der Waals surface area contributed by atoms with Gasteiger partial charge in [0, 0.05) is 36.1 Å². The standard InChI is InChI=1S/C19H21N3O4S/c1-22(19(25)15-4-5-20-17(15)12-23)6-7-26-8-9-27-14-2-3-16-13(10-14)11-18(24)21-16/h2-5,10,12,20H,6-9,11H2,1H3,(H,21,24). The molecule has 7 nitrogen and oxygen atoms in total. The fourth-order valence-corrected chi connectivity index (χ4v) is 3.62. The number of H-pyrrole nitrogens is 1. The summed E-state index contributed by atoms with van der Waals surface area (Å²) in [6.45, 7) is 1.43. The molecule has 0 atom stereocenters. The van der Waals surface area contributed by atoms with Crippen molar-refractivity contribution in [1.29, 1.82) is 0 Å². The van der Waals surface area contributed by atoms with E-state index in [-0.39, 0.29) is 17.5 Å². The van der Waals surface area contributed by atoms with Crippen molar-refractivity contribution in [2.45, 2.75) is 11.3 Å². The highest BCUT2D eigenvalue weighted by Crippen LogP contribution is 2.28. The van der Waals surface area contributed by atoms with Gasteiger partial charge in [-0.05, 0) is 29.8 Å². The number of hydrogen-bond donors (Lipinski definition) is 2. The number of likely N-dealkylation sites (N-methyl/N-ethyl adjacent to an activating group) is 1. The second kappa shape index (κ2) is 8.88. The Kier molecular flexibility index (Phi) is 6.31. The Labute approximate surface area is 161 Å². The van der Waals surface area contributed by atoms with Gasteiger partial charge in [-0.25, -0.2) is 0 Å². The zero-order valence-electron chi connectivity index (χ0n) is 15.0. The summed E-state index contributed by atoms with van der Waals surface area (Å²) in [4.78, 5) is 39.9. The zero-order valence-corrected chi connectivity index (χ0v) is 15.8. The second-order valence-corrected chi connectivity index (χ2v) is 7.32. The number of carbonyl (C=O) groups is 3. The summed E-state index contributed by atoms with van der Waals surface area (Å²) in [5.41, 5.74) is 2.59. The molecule has 1 aromatic heterocycles. The van der Waals surface area contributed by atoms with Crippen molar-refractivity contribution >= 4 is 35.5 Å². The number of benzene rings is 1. The average Bonchev–Trinajstić information content (AvgIpc) is 3.28. The number of amides is 2. The van der Waals surface area contributed by atoms with Gasteiger partial charge >= 0.3 is 0 Å². The molecule has 0 saturated carbocycles. The smallest absolute Gasteiger partial charge is 0.255 e. The largest absolute Gasteiger partial charge is 0.379 e. The van der Waals surface area contributed by atoms with Crippen molar-refractivity contribution in [1.82, 2.24) is 9.88 Å². The lowest BCUT2D eigenvalue weighted by Crippen LogP contribution is -2.30. The number of nitrogens with zero attached hydrogens (tertiary/aromatic N) is 1. The predicted molar refractivity (Wildman–Crippen MR) is 103 cm³/mol. The number of hydrogen-bond acceptors (Lipinski definition) is 5. The van der Waals surface area contributed by atoms with E-state index in [0.717, 1.165) is 21.9 Å². The summed E-state index contributed by atoms with van der Waals surface area (Å²) in [6.07, 6.45) is 2.65. The van der Waals surface area contributed by atoms with E-state index in [9.17, 15) is 14.4 Å². The van der Waals surface area contributed by atoms with E-state index < -0.39 is 0 Å². The first-order chi connectivity index (χ1) is 13.1. The summed E-state index contributed by atoms with van der Waals surface area (Å²) in [5, 5.41) is 2.82. The molecule has 2 aromatic rings. The number of thioether (sulfide) groups is 1. The molecule has 0 unspecified atom stereocenters. The molecule has 0 bridgehead atoms.